The summed E-state index contributed by atoms with van der Waals surface area (Å²) >= 11 is 1.79. The quantitative estimate of drug-likeness (QED) is 0.642. The van der Waals surface area contributed by atoms with E-state index in [9.17, 15) is 9.90 Å². The molecule has 2 rings (SSSR count). The Kier molecular flexibility index (Phi) is 5.73. The molecule has 1 aromatic carbocycles. The highest BCUT2D eigenvalue weighted by atomic mass is 32.2. The molecule has 0 aromatic heterocycles. The van der Waals surface area contributed by atoms with Crippen LogP contribution >= 0.6 is 11.8 Å². The van der Waals surface area contributed by atoms with E-state index in [1.165, 1.54) is 4.90 Å². The number of carbonyl (C=O) groups is 1. The van der Waals surface area contributed by atoms with Gasteiger partial charge in [-0.05, 0) is 37.1 Å². The molecule has 1 aliphatic heterocycles. The third-order valence-electron chi connectivity index (χ3n) is 3.46. The van der Waals surface area contributed by atoms with Crippen molar-refractivity contribution in [3.8, 4) is 0 Å². The molecule has 1 amide bonds. The molecule has 0 saturated carbocycles. The molecule has 0 radical (unpaired) electrons. The van der Waals surface area contributed by atoms with Crippen LogP contribution in [0.5, 0.6) is 0 Å². The third-order valence-corrected chi connectivity index (χ3v) is 4.55. The molecule has 3 nitrogen and oxygen atoms in total. The summed E-state index contributed by atoms with van der Waals surface area (Å²) in [5.74, 6) is 1.16. The Morgan fingerprint density at radius 2 is 2.16 bits per heavy atom. The van der Waals surface area contributed by atoms with Crippen molar-refractivity contribution in [1.82, 2.24) is 4.90 Å². The first-order chi connectivity index (χ1) is 9.31. The number of nitrogens with zero attached hydrogens (tertiary/aromatic N) is 1. The van der Waals surface area contributed by atoms with Gasteiger partial charge in [0.25, 0.3) is 0 Å². The van der Waals surface area contributed by atoms with E-state index in [-0.39, 0.29) is 18.6 Å². The maximum absolute atomic E-state index is 12.0. The number of carbonyl (C=O) groups excluding carboxylic acids is 1. The molecule has 1 heterocycles. The number of benzene rings is 1. The van der Waals surface area contributed by atoms with Crippen LogP contribution in [0.3, 0.4) is 0 Å². The second-order valence-electron chi connectivity index (χ2n) is 4.83. The van der Waals surface area contributed by atoms with Crippen molar-refractivity contribution in [2.45, 2.75) is 36.6 Å². The molecule has 19 heavy (non-hydrogen) atoms. The fourth-order valence-electron chi connectivity index (χ4n) is 2.43. The lowest BCUT2D eigenvalue weighted by atomic mass is 10.2. The van der Waals surface area contributed by atoms with Gasteiger partial charge in [0.05, 0.1) is 12.6 Å². The Morgan fingerprint density at radius 1 is 1.37 bits per heavy atom. The van der Waals surface area contributed by atoms with Crippen LogP contribution in [0.4, 0.5) is 0 Å². The Labute approximate surface area is 119 Å². The number of rotatable bonds is 6. The van der Waals surface area contributed by atoms with Crippen LogP contribution in [-0.4, -0.2) is 40.9 Å². The molecule has 1 aromatic rings. The minimum Gasteiger partial charge on any atom is -0.394 e. The highest BCUT2D eigenvalue weighted by molar-refractivity contribution is 7.99. The first kappa shape index (κ1) is 14.4. The molecular formula is C15H21NO2S. The summed E-state index contributed by atoms with van der Waals surface area (Å²) in [4.78, 5) is 15.1. The fraction of sp³-hybridized carbons (Fsp3) is 0.533. The molecule has 4 heteroatoms. The predicted octanol–water partition coefficient (Wildman–Crippen LogP) is 2.54. The van der Waals surface area contributed by atoms with E-state index in [1.54, 1.807) is 11.8 Å². The topological polar surface area (TPSA) is 40.5 Å². The fourth-order valence-corrected chi connectivity index (χ4v) is 3.30. The summed E-state index contributed by atoms with van der Waals surface area (Å²) in [5, 5.41) is 9.21. The van der Waals surface area contributed by atoms with Crippen LogP contribution in [0, 0.1) is 0 Å². The zero-order chi connectivity index (χ0) is 13.5. The second-order valence-corrected chi connectivity index (χ2v) is 6.00. The molecule has 1 aliphatic rings. The molecule has 1 saturated heterocycles. The van der Waals surface area contributed by atoms with E-state index in [4.69, 9.17) is 0 Å². The van der Waals surface area contributed by atoms with E-state index in [2.05, 4.69) is 12.1 Å². The van der Waals surface area contributed by atoms with Gasteiger partial charge in [0.2, 0.25) is 5.91 Å². The molecular weight excluding hydrogens is 258 g/mol. The van der Waals surface area contributed by atoms with Crippen molar-refractivity contribution in [2.24, 2.45) is 0 Å². The maximum atomic E-state index is 12.0. The average Bonchev–Trinajstić information content (AvgIpc) is 2.93. The molecule has 1 N–H and O–H groups in total. The number of amides is 1. The summed E-state index contributed by atoms with van der Waals surface area (Å²) in [7, 11) is 0. The largest absolute Gasteiger partial charge is 0.394 e. The van der Waals surface area contributed by atoms with Gasteiger partial charge < -0.3 is 10.0 Å². The SMILES string of the molecule is O=C(CCCSc1ccccc1)N1CCCC1CO. The smallest absolute Gasteiger partial charge is 0.222 e. The van der Waals surface area contributed by atoms with E-state index >= 15 is 0 Å². The van der Waals surface area contributed by atoms with Crippen LogP contribution in [0.25, 0.3) is 0 Å². The Balaban J connectivity index is 1.67. The molecule has 0 aliphatic carbocycles. The molecule has 1 unspecified atom stereocenters. The molecule has 1 atom stereocenters. The highest BCUT2D eigenvalue weighted by Crippen LogP contribution is 2.21. The van der Waals surface area contributed by atoms with Gasteiger partial charge in [-0.15, -0.1) is 11.8 Å². The van der Waals surface area contributed by atoms with Crippen molar-refractivity contribution in [3.63, 3.8) is 0 Å². The molecule has 1 fully saturated rings. The van der Waals surface area contributed by atoms with Crippen LogP contribution in [-0.2, 0) is 4.79 Å². The Hall–Kier alpha value is -1.00. The first-order valence-corrected chi connectivity index (χ1v) is 7.88. The van der Waals surface area contributed by atoms with Crippen molar-refractivity contribution >= 4 is 17.7 Å². The van der Waals surface area contributed by atoms with Crippen molar-refractivity contribution < 1.29 is 9.90 Å². The zero-order valence-electron chi connectivity index (χ0n) is 11.1. The number of likely N-dealkylation sites (tertiary alicyclic amines) is 1. The van der Waals surface area contributed by atoms with Gasteiger partial charge in [0, 0.05) is 17.9 Å². The third kappa shape index (κ3) is 4.25. The Bertz CT molecular complexity index is 396. The normalized spacial score (nSPS) is 18.8. The van der Waals surface area contributed by atoms with Gasteiger partial charge in [0.1, 0.15) is 0 Å². The van der Waals surface area contributed by atoms with Crippen LogP contribution < -0.4 is 0 Å². The number of thioether (sulfide) groups is 1. The standard InChI is InChI=1S/C15H21NO2S/c17-12-13-6-4-10-16(13)15(18)9-5-11-19-14-7-2-1-3-8-14/h1-3,7-8,13,17H,4-6,9-12H2. The van der Waals surface area contributed by atoms with Crippen LogP contribution in [0.2, 0.25) is 0 Å². The van der Waals surface area contributed by atoms with Crippen LogP contribution in [0.15, 0.2) is 35.2 Å². The lowest BCUT2D eigenvalue weighted by Gasteiger charge is -2.22. The molecule has 0 spiro atoms. The maximum Gasteiger partial charge on any atom is 0.222 e. The number of hydrogen-bond acceptors (Lipinski definition) is 3. The van der Waals surface area contributed by atoms with E-state index < -0.39 is 0 Å². The molecule has 104 valence electrons. The Morgan fingerprint density at radius 3 is 2.89 bits per heavy atom. The summed E-state index contributed by atoms with van der Waals surface area (Å²) in [6.45, 7) is 0.917. The number of aliphatic hydroxyl groups excluding tert-OH is 1. The van der Waals surface area contributed by atoms with Gasteiger partial charge in [-0.1, -0.05) is 18.2 Å². The first-order valence-electron chi connectivity index (χ1n) is 6.89. The summed E-state index contributed by atoms with van der Waals surface area (Å²) in [5.41, 5.74) is 0. The minimum absolute atomic E-state index is 0.0641. The van der Waals surface area contributed by atoms with E-state index in [1.807, 2.05) is 23.1 Å². The van der Waals surface area contributed by atoms with Crippen molar-refractivity contribution in [3.05, 3.63) is 30.3 Å². The van der Waals surface area contributed by atoms with Gasteiger partial charge in [-0.3, -0.25) is 4.79 Å². The number of aliphatic hydroxyl groups is 1. The number of hydrogen-bond donors (Lipinski definition) is 1. The predicted molar refractivity (Wildman–Crippen MR) is 78.2 cm³/mol. The monoisotopic (exact) mass is 279 g/mol. The summed E-state index contributed by atoms with van der Waals surface area (Å²) in [6, 6.07) is 10.3. The average molecular weight is 279 g/mol. The lowest BCUT2D eigenvalue weighted by Crippen LogP contribution is -2.37. The van der Waals surface area contributed by atoms with Crippen molar-refractivity contribution in [1.29, 1.82) is 0 Å². The van der Waals surface area contributed by atoms with E-state index in [0.29, 0.717) is 6.42 Å². The van der Waals surface area contributed by atoms with E-state index in [0.717, 1.165) is 31.6 Å². The lowest BCUT2D eigenvalue weighted by molar-refractivity contribution is -0.132. The van der Waals surface area contributed by atoms with Gasteiger partial charge in [-0.2, -0.15) is 0 Å². The van der Waals surface area contributed by atoms with Gasteiger partial charge >= 0.3 is 0 Å². The summed E-state index contributed by atoms with van der Waals surface area (Å²) < 4.78 is 0. The minimum atomic E-state index is 0.0641. The second kappa shape index (κ2) is 7.56. The van der Waals surface area contributed by atoms with Gasteiger partial charge in [-0.25, -0.2) is 0 Å². The summed E-state index contributed by atoms with van der Waals surface area (Å²) in [6.07, 6.45) is 3.46. The zero-order valence-corrected chi connectivity index (χ0v) is 11.9. The highest BCUT2D eigenvalue weighted by Gasteiger charge is 2.27. The van der Waals surface area contributed by atoms with Gasteiger partial charge in [0.15, 0.2) is 0 Å². The molecule has 0 bridgehead atoms. The van der Waals surface area contributed by atoms with Crippen molar-refractivity contribution in [2.75, 3.05) is 18.9 Å². The van der Waals surface area contributed by atoms with Crippen LogP contribution in [0.1, 0.15) is 25.7 Å².